The Kier molecular flexibility index (Phi) is 2.89. The number of halogens is 1. The van der Waals surface area contributed by atoms with E-state index in [1.165, 1.54) is 0 Å². The van der Waals surface area contributed by atoms with Crippen molar-refractivity contribution in [1.29, 1.82) is 0 Å². The van der Waals surface area contributed by atoms with Crippen LogP contribution in [-0.4, -0.2) is 16.6 Å². The monoisotopic (exact) mass is 182 g/mol. The third-order valence-electron chi connectivity index (χ3n) is 1.19. The van der Waals surface area contributed by atoms with E-state index in [0.717, 1.165) is 5.56 Å². The highest BCUT2D eigenvalue weighted by atomic mass is 35.5. The lowest BCUT2D eigenvalue weighted by Crippen LogP contribution is -1.99. The number of rotatable bonds is 2. The quantitative estimate of drug-likeness (QED) is 0.513. The second-order valence-electron chi connectivity index (χ2n) is 2.12. The molecule has 4 heteroatoms. The predicted octanol–water partition coefficient (Wildman–Crippen LogP) is 1.45. The van der Waals surface area contributed by atoms with Crippen LogP contribution in [0.2, 0.25) is 5.28 Å². The molecule has 0 radical (unpaired) electrons. The highest BCUT2D eigenvalue weighted by molar-refractivity contribution is 6.28. The zero-order valence-electron chi connectivity index (χ0n) is 6.54. The molecule has 0 unspecified atom stereocenters. The van der Waals surface area contributed by atoms with Gasteiger partial charge in [-0.1, -0.05) is 5.92 Å². The fourth-order valence-electron chi connectivity index (χ4n) is 0.662. The molecule has 0 atom stereocenters. The molecule has 0 saturated heterocycles. The van der Waals surface area contributed by atoms with Crippen molar-refractivity contribution in [3.8, 4) is 18.2 Å². The van der Waals surface area contributed by atoms with Crippen LogP contribution in [0.15, 0.2) is 6.20 Å². The van der Waals surface area contributed by atoms with Gasteiger partial charge in [0.15, 0.2) is 6.61 Å². The van der Waals surface area contributed by atoms with Gasteiger partial charge >= 0.3 is 0 Å². The zero-order chi connectivity index (χ0) is 8.97. The van der Waals surface area contributed by atoms with Crippen LogP contribution in [-0.2, 0) is 0 Å². The second kappa shape index (κ2) is 3.93. The van der Waals surface area contributed by atoms with Crippen LogP contribution in [0.1, 0.15) is 5.56 Å². The number of hydrogen-bond acceptors (Lipinski definition) is 3. The van der Waals surface area contributed by atoms with E-state index in [0.29, 0.717) is 5.88 Å². The van der Waals surface area contributed by atoms with Crippen molar-refractivity contribution in [3.63, 3.8) is 0 Å². The van der Waals surface area contributed by atoms with Gasteiger partial charge in [-0.25, -0.2) is 4.98 Å². The highest BCUT2D eigenvalue weighted by Gasteiger charge is 2.01. The largest absolute Gasteiger partial charge is 0.464 e. The Balaban J connectivity index is 2.84. The molecule has 0 fully saturated rings. The Morgan fingerprint density at radius 1 is 1.75 bits per heavy atom. The lowest BCUT2D eigenvalue weighted by atomic mass is 10.4. The fraction of sp³-hybridized carbons (Fsp3) is 0.250. The number of hydrogen-bond donors (Lipinski definition) is 0. The van der Waals surface area contributed by atoms with Crippen LogP contribution in [0.5, 0.6) is 5.88 Å². The summed E-state index contributed by atoms with van der Waals surface area (Å²) < 4.78 is 5.10. The van der Waals surface area contributed by atoms with Crippen molar-refractivity contribution in [2.75, 3.05) is 6.61 Å². The topological polar surface area (TPSA) is 35.0 Å². The summed E-state index contributed by atoms with van der Waals surface area (Å²) in [4.78, 5) is 7.62. The molecular weight excluding hydrogens is 176 g/mol. The summed E-state index contributed by atoms with van der Waals surface area (Å²) in [5.41, 5.74) is 0.814. The molecule has 1 rings (SSSR count). The van der Waals surface area contributed by atoms with E-state index in [-0.39, 0.29) is 11.9 Å². The Morgan fingerprint density at radius 2 is 2.50 bits per heavy atom. The third-order valence-corrected chi connectivity index (χ3v) is 1.37. The minimum Gasteiger partial charge on any atom is -0.464 e. The molecular formula is C8H7ClN2O. The number of aryl methyl sites for hydroxylation is 1. The Bertz CT molecular complexity index is 319. The van der Waals surface area contributed by atoms with Gasteiger partial charge in [0.25, 0.3) is 0 Å². The minimum atomic E-state index is 0.160. The van der Waals surface area contributed by atoms with Crippen molar-refractivity contribution in [3.05, 3.63) is 17.0 Å². The number of aromatic nitrogens is 2. The Hall–Kier alpha value is -1.27. The molecule has 0 N–H and O–H groups in total. The van der Waals surface area contributed by atoms with Crippen LogP contribution < -0.4 is 4.74 Å². The van der Waals surface area contributed by atoms with Gasteiger partial charge in [0.1, 0.15) is 0 Å². The van der Waals surface area contributed by atoms with Crippen molar-refractivity contribution in [2.24, 2.45) is 0 Å². The molecule has 0 aliphatic heterocycles. The minimum absolute atomic E-state index is 0.160. The maximum Gasteiger partial charge on any atom is 0.225 e. The fourth-order valence-corrected chi connectivity index (χ4v) is 0.788. The zero-order valence-corrected chi connectivity index (χ0v) is 7.30. The average molecular weight is 183 g/mol. The van der Waals surface area contributed by atoms with Crippen LogP contribution in [0.4, 0.5) is 0 Å². The maximum absolute atomic E-state index is 5.54. The van der Waals surface area contributed by atoms with Gasteiger partial charge in [-0.3, -0.25) is 0 Å². The first-order chi connectivity index (χ1) is 5.74. The van der Waals surface area contributed by atoms with Crippen molar-refractivity contribution >= 4 is 11.6 Å². The lowest BCUT2D eigenvalue weighted by Gasteiger charge is -2.03. The maximum atomic E-state index is 5.54. The van der Waals surface area contributed by atoms with E-state index in [4.69, 9.17) is 22.8 Å². The van der Waals surface area contributed by atoms with E-state index in [1.807, 2.05) is 6.92 Å². The third kappa shape index (κ3) is 2.11. The van der Waals surface area contributed by atoms with Gasteiger partial charge in [-0.2, -0.15) is 4.98 Å². The molecule has 0 spiro atoms. The summed E-state index contributed by atoms with van der Waals surface area (Å²) in [5, 5.41) is 0.160. The number of ether oxygens (including phenoxy) is 1. The van der Waals surface area contributed by atoms with Gasteiger partial charge in [0.05, 0.1) is 0 Å². The number of terminal acetylenes is 1. The predicted molar refractivity (Wildman–Crippen MR) is 46.1 cm³/mol. The first-order valence-electron chi connectivity index (χ1n) is 3.29. The standard InChI is InChI=1S/C8H7ClN2O/c1-3-4-12-7-6(2)5-10-8(9)11-7/h1,5H,4H2,2H3. The summed E-state index contributed by atoms with van der Waals surface area (Å²) in [6.07, 6.45) is 6.60. The van der Waals surface area contributed by atoms with E-state index in [9.17, 15) is 0 Å². The summed E-state index contributed by atoms with van der Waals surface area (Å²) in [7, 11) is 0. The molecule has 0 amide bonds. The summed E-state index contributed by atoms with van der Waals surface area (Å²) in [5.74, 6) is 2.78. The second-order valence-corrected chi connectivity index (χ2v) is 2.46. The van der Waals surface area contributed by atoms with Gasteiger partial charge in [0.2, 0.25) is 11.2 Å². The molecule has 3 nitrogen and oxygen atoms in total. The SMILES string of the molecule is C#CCOc1nc(Cl)ncc1C. The van der Waals surface area contributed by atoms with E-state index < -0.39 is 0 Å². The lowest BCUT2D eigenvalue weighted by molar-refractivity contribution is 0.352. The molecule has 62 valence electrons. The van der Waals surface area contributed by atoms with Crippen molar-refractivity contribution < 1.29 is 4.74 Å². The Labute approximate surface area is 75.7 Å². The van der Waals surface area contributed by atoms with E-state index in [2.05, 4.69) is 15.9 Å². The van der Waals surface area contributed by atoms with Crippen molar-refractivity contribution in [1.82, 2.24) is 9.97 Å². The molecule has 0 bridgehead atoms. The van der Waals surface area contributed by atoms with Gasteiger partial charge in [-0.15, -0.1) is 6.42 Å². The summed E-state index contributed by atoms with van der Waals surface area (Å²) in [6, 6.07) is 0. The smallest absolute Gasteiger partial charge is 0.225 e. The van der Waals surface area contributed by atoms with E-state index in [1.54, 1.807) is 6.20 Å². The van der Waals surface area contributed by atoms with Crippen LogP contribution >= 0.6 is 11.6 Å². The molecule has 1 aromatic heterocycles. The first-order valence-corrected chi connectivity index (χ1v) is 3.67. The number of nitrogens with zero attached hydrogens (tertiary/aromatic N) is 2. The van der Waals surface area contributed by atoms with Crippen molar-refractivity contribution in [2.45, 2.75) is 6.92 Å². The molecule has 1 aromatic rings. The molecule has 12 heavy (non-hydrogen) atoms. The molecule has 0 saturated carbocycles. The Morgan fingerprint density at radius 3 is 3.17 bits per heavy atom. The summed E-state index contributed by atoms with van der Waals surface area (Å²) >= 11 is 5.54. The molecule has 0 aliphatic carbocycles. The summed E-state index contributed by atoms with van der Waals surface area (Å²) in [6.45, 7) is 2.01. The molecule has 0 aliphatic rings. The van der Waals surface area contributed by atoms with Crippen LogP contribution in [0.3, 0.4) is 0 Å². The highest BCUT2D eigenvalue weighted by Crippen LogP contribution is 2.14. The first kappa shape index (κ1) is 8.82. The average Bonchev–Trinajstić information content (AvgIpc) is 2.07. The van der Waals surface area contributed by atoms with E-state index >= 15 is 0 Å². The van der Waals surface area contributed by atoms with Gasteiger partial charge in [-0.05, 0) is 18.5 Å². The molecule has 1 heterocycles. The van der Waals surface area contributed by atoms with Gasteiger partial charge in [0, 0.05) is 11.8 Å². The van der Waals surface area contributed by atoms with Crippen LogP contribution in [0.25, 0.3) is 0 Å². The van der Waals surface area contributed by atoms with Gasteiger partial charge < -0.3 is 4.74 Å². The normalized spacial score (nSPS) is 9.08. The molecule has 0 aromatic carbocycles. The van der Waals surface area contributed by atoms with Crippen LogP contribution in [0, 0.1) is 19.3 Å².